The number of nitriles is 1. The number of hydrogen-bond donors (Lipinski definition) is 1. The number of carbonyl (C=O) groups excluding carboxylic acids is 1. The normalized spacial score (nSPS) is 14.7. The SMILES string of the molecule is Cc1cccc(C(=O)Oc2ccc3c(c2)OC(N)=C(C#N)C3c2ccc([N+](=O)[O-])cc2)c1. The monoisotopic (exact) mass is 427 g/mol. The summed E-state index contributed by atoms with van der Waals surface area (Å²) in [6.07, 6.45) is 0. The van der Waals surface area contributed by atoms with Gasteiger partial charge in [0.2, 0.25) is 5.88 Å². The number of fused-ring (bicyclic) bond motifs is 1. The van der Waals surface area contributed by atoms with Crippen LogP contribution >= 0.6 is 0 Å². The van der Waals surface area contributed by atoms with E-state index in [4.69, 9.17) is 15.2 Å². The molecule has 1 unspecified atom stereocenters. The van der Waals surface area contributed by atoms with E-state index in [-0.39, 0.29) is 22.9 Å². The molecule has 0 saturated heterocycles. The van der Waals surface area contributed by atoms with Crippen molar-refractivity contribution in [3.05, 3.63) is 111 Å². The van der Waals surface area contributed by atoms with E-state index in [0.29, 0.717) is 22.4 Å². The quantitative estimate of drug-likeness (QED) is 0.284. The Morgan fingerprint density at radius 1 is 1.16 bits per heavy atom. The van der Waals surface area contributed by atoms with Gasteiger partial charge >= 0.3 is 5.97 Å². The van der Waals surface area contributed by atoms with Crippen molar-refractivity contribution in [3.8, 4) is 17.6 Å². The maximum absolute atomic E-state index is 12.5. The first kappa shape index (κ1) is 20.6. The summed E-state index contributed by atoms with van der Waals surface area (Å²) < 4.78 is 11.1. The van der Waals surface area contributed by atoms with Crippen LogP contribution in [0.1, 0.15) is 33.0 Å². The molecule has 0 spiro atoms. The first-order chi connectivity index (χ1) is 15.4. The van der Waals surface area contributed by atoms with Gasteiger partial charge in [-0.25, -0.2) is 4.79 Å². The van der Waals surface area contributed by atoms with Crippen molar-refractivity contribution in [1.29, 1.82) is 5.26 Å². The van der Waals surface area contributed by atoms with E-state index >= 15 is 0 Å². The Kier molecular flexibility index (Phi) is 5.31. The average molecular weight is 427 g/mol. The lowest BCUT2D eigenvalue weighted by molar-refractivity contribution is -0.384. The number of nitro groups is 1. The zero-order chi connectivity index (χ0) is 22.8. The fraction of sp³-hybridized carbons (Fsp3) is 0.0833. The fourth-order valence-corrected chi connectivity index (χ4v) is 3.57. The molecule has 32 heavy (non-hydrogen) atoms. The molecule has 1 aliphatic rings. The number of benzene rings is 3. The van der Waals surface area contributed by atoms with Gasteiger partial charge in [0.1, 0.15) is 23.1 Å². The van der Waals surface area contributed by atoms with Gasteiger partial charge in [-0.1, -0.05) is 35.9 Å². The minimum absolute atomic E-state index is 0.0603. The molecule has 1 aliphatic heterocycles. The van der Waals surface area contributed by atoms with Gasteiger partial charge in [0, 0.05) is 23.8 Å². The molecule has 1 heterocycles. The number of nitrogens with zero attached hydrogens (tertiary/aromatic N) is 2. The second kappa shape index (κ2) is 8.24. The predicted molar refractivity (Wildman–Crippen MR) is 115 cm³/mol. The van der Waals surface area contributed by atoms with Crippen LogP contribution in [-0.4, -0.2) is 10.9 Å². The Bertz CT molecular complexity index is 1310. The molecule has 0 aromatic heterocycles. The minimum Gasteiger partial charge on any atom is -0.440 e. The van der Waals surface area contributed by atoms with Crippen LogP contribution in [0.5, 0.6) is 11.5 Å². The van der Waals surface area contributed by atoms with E-state index in [2.05, 4.69) is 6.07 Å². The van der Waals surface area contributed by atoms with Crippen LogP contribution in [0.4, 0.5) is 5.69 Å². The number of nitro benzene ring substituents is 1. The highest BCUT2D eigenvalue weighted by Gasteiger charge is 2.31. The third-order valence-electron chi connectivity index (χ3n) is 5.09. The summed E-state index contributed by atoms with van der Waals surface area (Å²) >= 11 is 0. The Morgan fingerprint density at radius 3 is 2.56 bits per heavy atom. The minimum atomic E-state index is -0.578. The van der Waals surface area contributed by atoms with Crippen LogP contribution in [0, 0.1) is 28.4 Å². The molecule has 0 aliphatic carbocycles. The average Bonchev–Trinajstić information content (AvgIpc) is 2.78. The van der Waals surface area contributed by atoms with Crippen molar-refractivity contribution in [2.45, 2.75) is 12.8 Å². The maximum Gasteiger partial charge on any atom is 0.343 e. The van der Waals surface area contributed by atoms with E-state index in [0.717, 1.165) is 5.56 Å². The summed E-state index contributed by atoms with van der Waals surface area (Å²) in [5, 5.41) is 20.6. The van der Waals surface area contributed by atoms with Crippen LogP contribution in [0.2, 0.25) is 0 Å². The van der Waals surface area contributed by atoms with Gasteiger partial charge in [0.05, 0.1) is 16.4 Å². The zero-order valence-electron chi connectivity index (χ0n) is 16.9. The van der Waals surface area contributed by atoms with E-state index in [1.54, 1.807) is 42.5 Å². The van der Waals surface area contributed by atoms with Gasteiger partial charge in [-0.3, -0.25) is 10.1 Å². The largest absolute Gasteiger partial charge is 0.440 e. The predicted octanol–water partition coefficient (Wildman–Crippen LogP) is 4.34. The molecule has 158 valence electrons. The summed E-state index contributed by atoms with van der Waals surface area (Å²) in [5.74, 6) is -0.584. The number of esters is 1. The summed E-state index contributed by atoms with van der Waals surface area (Å²) in [5.41, 5.74) is 8.73. The summed E-state index contributed by atoms with van der Waals surface area (Å²) in [6.45, 7) is 1.88. The lowest BCUT2D eigenvalue weighted by Crippen LogP contribution is -2.21. The second-order valence-electron chi connectivity index (χ2n) is 7.23. The molecule has 3 aromatic carbocycles. The number of carbonyl (C=O) groups is 1. The molecule has 8 heteroatoms. The number of ether oxygens (including phenoxy) is 2. The summed E-state index contributed by atoms with van der Waals surface area (Å²) in [7, 11) is 0. The lowest BCUT2D eigenvalue weighted by atomic mass is 9.83. The topological polar surface area (TPSA) is 128 Å². The lowest BCUT2D eigenvalue weighted by Gasteiger charge is -2.26. The van der Waals surface area contributed by atoms with Crippen molar-refractivity contribution < 1.29 is 19.2 Å². The Morgan fingerprint density at radius 2 is 1.91 bits per heavy atom. The van der Waals surface area contributed by atoms with Crippen LogP contribution < -0.4 is 15.2 Å². The highest BCUT2D eigenvalue weighted by atomic mass is 16.6. The number of non-ortho nitro benzene ring substituents is 1. The van der Waals surface area contributed by atoms with Crippen LogP contribution in [0.15, 0.2) is 78.2 Å². The van der Waals surface area contributed by atoms with E-state index in [1.807, 2.05) is 13.0 Å². The van der Waals surface area contributed by atoms with Gasteiger partial charge in [0.25, 0.3) is 5.69 Å². The number of nitrogens with two attached hydrogens (primary N) is 1. The molecule has 2 N–H and O–H groups in total. The molecular weight excluding hydrogens is 410 g/mol. The van der Waals surface area contributed by atoms with Crippen LogP contribution in [-0.2, 0) is 0 Å². The molecule has 0 bridgehead atoms. The molecule has 4 rings (SSSR count). The molecule has 8 nitrogen and oxygen atoms in total. The zero-order valence-corrected chi connectivity index (χ0v) is 16.9. The first-order valence-electron chi connectivity index (χ1n) is 9.62. The van der Waals surface area contributed by atoms with Gasteiger partial charge in [-0.05, 0) is 30.7 Å². The number of hydrogen-bond acceptors (Lipinski definition) is 7. The van der Waals surface area contributed by atoms with Crippen molar-refractivity contribution in [1.82, 2.24) is 0 Å². The molecule has 0 fully saturated rings. The third kappa shape index (κ3) is 3.87. The fourth-order valence-electron chi connectivity index (χ4n) is 3.57. The van der Waals surface area contributed by atoms with Crippen molar-refractivity contribution in [2.24, 2.45) is 5.73 Å². The highest BCUT2D eigenvalue weighted by Crippen LogP contribution is 2.43. The van der Waals surface area contributed by atoms with Gasteiger partial charge in [-0.2, -0.15) is 5.26 Å². The molecule has 1 atom stereocenters. The smallest absolute Gasteiger partial charge is 0.343 e. The van der Waals surface area contributed by atoms with E-state index in [9.17, 15) is 20.2 Å². The molecule has 0 amide bonds. The second-order valence-corrected chi connectivity index (χ2v) is 7.23. The number of rotatable bonds is 4. The third-order valence-corrected chi connectivity index (χ3v) is 5.09. The van der Waals surface area contributed by atoms with Crippen molar-refractivity contribution >= 4 is 11.7 Å². The Hall–Kier alpha value is -4.64. The van der Waals surface area contributed by atoms with E-state index in [1.165, 1.54) is 18.2 Å². The van der Waals surface area contributed by atoms with Gasteiger partial charge in [0.15, 0.2) is 0 Å². The Labute approximate surface area is 183 Å². The molecule has 3 aromatic rings. The highest BCUT2D eigenvalue weighted by molar-refractivity contribution is 5.91. The van der Waals surface area contributed by atoms with Gasteiger partial charge < -0.3 is 15.2 Å². The number of allylic oxidation sites excluding steroid dienone is 1. The molecule has 0 saturated carbocycles. The van der Waals surface area contributed by atoms with E-state index < -0.39 is 16.8 Å². The summed E-state index contributed by atoms with van der Waals surface area (Å²) in [6, 6.07) is 19.8. The standard InChI is InChI=1S/C24H17N3O5/c1-14-3-2-4-16(11-14)24(28)31-18-9-10-19-21(12-18)32-23(26)20(13-25)22(19)15-5-7-17(8-6-15)27(29)30/h2-12,22H,26H2,1H3. The summed E-state index contributed by atoms with van der Waals surface area (Å²) in [4.78, 5) is 22.9. The Balaban J connectivity index is 1.69. The van der Waals surface area contributed by atoms with Gasteiger partial charge in [-0.15, -0.1) is 0 Å². The number of aryl methyl sites for hydroxylation is 1. The van der Waals surface area contributed by atoms with Crippen LogP contribution in [0.3, 0.4) is 0 Å². The van der Waals surface area contributed by atoms with Crippen LogP contribution in [0.25, 0.3) is 0 Å². The first-order valence-corrected chi connectivity index (χ1v) is 9.62. The molecule has 0 radical (unpaired) electrons. The van der Waals surface area contributed by atoms with Crippen molar-refractivity contribution in [3.63, 3.8) is 0 Å². The molecular formula is C24H17N3O5. The maximum atomic E-state index is 12.5. The van der Waals surface area contributed by atoms with Crippen molar-refractivity contribution in [2.75, 3.05) is 0 Å².